The summed E-state index contributed by atoms with van der Waals surface area (Å²) in [4.78, 5) is 20.6. The molecule has 1 aromatic heterocycles. The van der Waals surface area contributed by atoms with E-state index in [9.17, 15) is 20.0 Å². The Kier molecular flexibility index (Phi) is 3.21. The van der Waals surface area contributed by atoms with E-state index in [1.54, 1.807) is 0 Å². The molecule has 8 nitrogen and oxygen atoms in total. The molecule has 1 heterocycles. The molecule has 98 valence electrons. The fraction of sp³-hybridized carbons (Fsp3) is 0. The fourth-order valence-corrected chi connectivity index (χ4v) is 1.83. The molecule has 2 N–H and O–H groups in total. The summed E-state index contributed by atoms with van der Waals surface area (Å²) in [5.74, 6) is -2.20. The minimum absolute atomic E-state index is 0.0941. The summed E-state index contributed by atoms with van der Waals surface area (Å²) in [6, 6.07) is 3.57. The smallest absolute Gasteiger partial charge is 0.374 e. The molecule has 0 saturated carbocycles. The monoisotopic (exact) mass is 328 g/mol. The zero-order valence-electron chi connectivity index (χ0n) is 9.03. The highest BCUT2D eigenvalue weighted by molar-refractivity contribution is 9.10. The molecular formula is C10H5BrN2O6. The van der Waals surface area contributed by atoms with E-state index in [0.717, 1.165) is 12.1 Å². The molecule has 0 bridgehead atoms. The first-order valence-corrected chi connectivity index (χ1v) is 5.56. The van der Waals surface area contributed by atoms with Crippen molar-refractivity contribution in [3.8, 4) is 17.0 Å². The van der Waals surface area contributed by atoms with Crippen LogP contribution in [0.5, 0.6) is 5.75 Å². The third kappa shape index (κ3) is 2.40. The van der Waals surface area contributed by atoms with E-state index < -0.39 is 22.3 Å². The van der Waals surface area contributed by atoms with Crippen LogP contribution in [0.3, 0.4) is 0 Å². The topological polar surface area (TPSA) is 127 Å². The van der Waals surface area contributed by atoms with E-state index in [2.05, 4.69) is 25.6 Å². The second-order valence-corrected chi connectivity index (χ2v) is 4.32. The van der Waals surface area contributed by atoms with E-state index in [-0.39, 0.29) is 21.5 Å². The van der Waals surface area contributed by atoms with Crippen molar-refractivity contribution < 1.29 is 24.5 Å². The van der Waals surface area contributed by atoms with Gasteiger partial charge in [0.2, 0.25) is 11.5 Å². The normalized spacial score (nSPS) is 10.4. The Hall–Kier alpha value is -2.42. The van der Waals surface area contributed by atoms with E-state index in [4.69, 9.17) is 5.11 Å². The van der Waals surface area contributed by atoms with Crippen LogP contribution < -0.4 is 0 Å². The Morgan fingerprint density at radius 2 is 2.11 bits per heavy atom. The summed E-state index contributed by atoms with van der Waals surface area (Å²) in [6.07, 6.45) is 0. The molecule has 2 rings (SSSR count). The maximum Gasteiger partial charge on any atom is 0.374 e. The van der Waals surface area contributed by atoms with Crippen LogP contribution in [0, 0.1) is 10.1 Å². The number of aromatic nitrogens is 1. The third-order valence-electron chi connectivity index (χ3n) is 2.26. The Morgan fingerprint density at radius 3 is 2.63 bits per heavy atom. The van der Waals surface area contributed by atoms with Crippen LogP contribution in [-0.4, -0.2) is 26.3 Å². The number of hydrogen-bond donors (Lipinski definition) is 2. The van der Waals surface area contributed by atoms with Gasteiger partial charge in [0.1, 0.15) is 5.69 Å². The molecule has 0 aliphatic heterocycles. The minimum atomic E-state index is -1.30. The minimum Gasteiger partial charge on any atom is -0.501 e. The average Bonchev–Trinajstić information content (AvgIpc) is 2.81. The van der Waals surface area contributed by atoms with Gasteiger partial charge >= 0.3 is 11.7 Å². The summed E-state index contributed by atoms with van der Waals surface area (Å²) in [5.41, 5.74) is -0.168. The lowest BCUT2D eigenvalue weighted by atomic mass is 10.1. The number of phenols is 1. The number of nitro groups is 1. The van der Waals surface area contributed by atoms with E-state index in [1.807, 2.05) is 0 Å². The van der Waals surface area contributed by atoms with Crippen molar-refractivity contribution in [1.29, 1.82) is 0 Å². The molecule has 0 radical (unpaired) electrons. The van der Waals surface area contributed by atoms with Crippen LogP contribution in [0.1, 0.15) is 10.6 Å². The summed E-state index contributed by atoms with van der Waals surface area (Å²) >= 11 is 2.97. The van der Waals surface area contributed by atoms with Crippen LogP contribution >= 0.6 is 15.9 Å². The number of rotatable bonds is 3. The first-order chi connectivity index (χ1) is 8.90. The fourth-order valence-electron chi connectivity index (χ4n) is 1.38. The van der Waals surface area contributed by atoms with Gasteiger partial charge in [0.25, 0.3) is 0 Å². The highest BCUT2D eigenvalue weighted by Crippen LogP contribution is 2.38. The summed E-state index contributed by atoms with van der Waals surface area (Å²) in [6.45, 7) is 0. The van der Waals surface area contributed by atoms with Gasteiger partial charge in [0, 0.05) is 17.7 Å². The van der Waals surface area contributed by atoms with Gasteiger partial charge in [-0.3, -0.25) is 10.1 Å². The van der Waals surface area contributed by atoms with Crippen LogP contribution in [0.4, 0.5) is 5.69 Å². The third-order valence-corrected chi connectivity index (χ3v) is 2.86. The van der Waals surface area contributed by atoms with Gasteiger partial charge in [-0.05, 0) is 22.0 Å². The number of carboxylic acid groups (broad SMARTS) is 1. The standard InChI is InChI=1S/C10H5BrN2O6/c11-5-1-4(2-7(9(5)14)13(17)18)6-3-8(10(15)16)19-12-6/h1-3,14H,(H,15,16). The zero-order valence-corrected chi connectivity index (χ0v) is 10.6. The van der Waals surface area contributed by atoms with E-state index in [0.29, 0.717) is 0 Å². The number of benzene rings is 1. The summed E-state index contributed by atoms with van der Waals surface area (Å²) in [5, 5.41) is 32.5. The lowest BCUT2D eigenvalue weighted by Crippen LogP contribution is -1.92. The van der Waals surface area contributed by atoms with Crippen molar-refractivity contribution in [2.45, 2.75) is 0 Å². The molecule has 1 aromatic carbocycles. The lowest BCUT2D eigenvalue weighted by Gasteiger charge is -2.01. The number of hydrogen-bond acceptors (Lipinski definition) is 6. The van der Waals surface area contributed by atoms with Gasteiger partial charge in [0.05, 0.1) is 9.40 Å². The first-order valence-electron chi connectivity index (χ1n) is 4.77. The number of halogens is 1. The number of aromatic carboxylic acids is 1. The van der Waals surface area contributed by atoms with Gasteiger partial charge in [-0.2, -0.15) is 0 Å². The molecule has 2 aromatic rings. The van der Waals surface area contributed by atoms with E-state index >= 15 is 0 Å². The summed E-state index contributed by atoms with van der Waals surface area (Å²) in [7, 11) is 0. The lowest BCUT2D eigenvalue weighted by molar-refractivity contribution is -0.385. The van der Waals surface area contributed by atoms with Crippen molar-refractivity contribution in [3.05, 3.63) is 38.5 Å². The molecule has 19 heavy (non-hydrogen) atoms. The second-order valence-electron chi connectivity index (χ2n) is 3.46. The van der Waals surface area contributed by atoms with Crippen molar-refractivity contribution in [3.63, 3.8) is 0 Å². The number of carboxylic acids is 1. The quantitative estimate of drug-likeness (QED) is 0.654. The molecular weight excluding hydrogens is 324 g/mol. The largest absolute Gasteiger partial charge is 0.501 e. The van der Waals surface area contributed by atoms with Crippen molar-refractivity contribution in [2.75, 3.05) is 0 Å². The molecule has 9 heteroatoms. The Labute approximate surface area is 113 Å². The van der Waals surface area contributed by atoms with Crippen LogP contribution in [0.25, 0.3) is 11.3 Å². The van der Waals surface area contributed by atoms with Gasteiger partial charge in [-0.25, -0.2) is 4.79 Å². The molecule has 0 amide bonds. The van der Waals surface area contributed by atoms with Crippen LogP contribution in [0.15, 0.2) is 27.2 Å². The van der Waals surface area contributed by atoms with Crippen LogP contribution in [0.2, 0.25) is 0 Å². The predicted molar refractivity (Wildman–Crippen MR) is 64.9 cm³/mol. The highest BCUT2D eigenvalue weighted by Gasteiger charge is 2.20. The average molecular weight is 329 g/mol. The molecule has 0 saturated heterocycles. The van der Waals surface area contributed by atoms with Gasteiger partial charge in [0.15, 0.2) is 0 Å². The van der Waals surface area contributed by atoms with Gasteiger partial charge < -0.3 is 14.7 Å². The molecule has 0 atom stereocenters. The number of phenolic OH excluding ortho intramolecular Hbond substituents is 1. The van der Waals surface area contributed by atoms with Crippen LogP contribution in [-0.2, 0) is 0 Å². The van der Waals surface area contributed by atoms with Crippen molar-refractivity contribution in [1.82, 2.24) is 5.16 Å². The van der Waals surface area contributed by atoms with Crippen molar-refractivity contribution in [2.24, 2.45) is 0 Å². The number of nitrogens with zero attached hydrogens (tertiary/aromatic N) is 2. The van der Waals surface area contributed by atoms with Crippen molar-refractivity contribution >= 4 is 27.6 Å². The molecule has 0 fully saturated rings. The SMILES string of the molecule is O=C(O)c1cc(-c2cc(Br)c(O)c([N+](=O)[O-])c2)no1. The molecule has 0 aliphatic rings. The predicted octanol–water partition coefficient (Wildman–Crippen LogP) is 2.42. The Morgan fingerprint density at radius 1 is 1.42 bits per heavy atom. The Balaban J connectivity index is 2.56. The maximum atomic E-state index is 10.8. The first kappa shape index (κ1) is 13.0. The molecule has 0 aliphatic carbocycles. The molecule has 0 spiro atoms. The number of nitro benzene ring substituents is 1. The Bertz CT molecular complexity index is 681. The van der Waals surface area contributed by atoms with E-state index in [1.165, 1.54) is 6.07 Å². The second kappa shape index (κ2) is 4.69. The maximum absolute atomic E-state index is 10.8. The van der Waals surface area contributed by atoms with Gasteiger partial charge in [-0.1, -0.05) is 5.16 Å². The summed E-state index contributed by atoms with van der Waals surface area (Å²) < 4.78 is 4.65. The molecule has 0 unspecified atom stereocenters. The number of carbonyl (C=O) groups is 1. The number of aromatic hydroxyl groups is 1. The zero-order chi connectivity index (χ0) is 14.2. The van der Waals surface area contributed by atoms with Gasteiger partial charge in [-0.15, -0.1) is 0 Å². The highest BCUT2D eigenvalue weighted by atomic mass is 79.9.